The van der Waals surface area contributed by atoms with Crippen molar-refractivity contribution in [1.82, 2.24) is 24.1 Å². The Morgan fingerprint density at radius 2 is 1.35 bits per heavy atom. The topological polar surface area (TPSA) is 57.2 Å². The molecule has 0 saturated heterocycles. The molecule has 8 aromatic rings. The average Bonchev–Trinajstić information content (AvgIpc) is 3.51. The molecular weight excluding hydrogens is 677 g/mol. The summed E-state index contributed by atoms with van der Waals surface area (Å²) >= 11 is 0. The number of fused-ring (bicyclic) bond motifs is 9. The van der Waals surface area contributed by atoms with Crippen LogP contribution < -0.4 is 4.74 Å². The van der Waals surface area contributed by atoms with E-state index < -0.39 is 0 Å². The van der Waals surface area contributed by atoms with Crippen LogP contribution in [0.1, 0.15) is 11.4 Å². The van der Waals surface area contributed by atoms with Crippen LogP contribution in [0, 0.1) is 26.0 Å². The molecule has 0 radical (unpaired) electrons. The molecule has 0 aliphatic rings. The number of para-hydroxylation sites is 1. The van der Waals surface area contributed by atoms with Gasteiger partial charge in [-0.2, -0.15) is 17.2 Å². The van der Waals surface area contributed by atoms with Crippen LogP contribution in [-0.4, -0.2) is 24.1 Å². The molecule has 0 aliphatic heterocycles. The van der Waals surface area contributed by atoms with Gasteiger partial charge < -0.3 is 9.30 Å². The number of aryl methyl sites for hydroxylation is 2. The molecule has 6 nitrogen and oxygen atoms in total. The number of hydrogen-bond acceptors (Lipinski definition) is 4. The maximum absolute atomic E-state index is 6.36. The summed E-state index contributed by atoms with van der Waals surface area (Å²) in [4.78, 5) is 9.39. The third-order valence-electron chi connectivity index (χ3n) is 7.18. The van der Waals surface area contributed by atoms with Crippen molar-refractivity contribution in [2.75, 3.05) is 0 Å². The Balaban J connectivity index is 0.00000264. The van der Waals surface area contributed by atoms with Gasteiger partial charge in [-0.05, 0) is 42.4 Å². The Labute approximate surface area is 244 Å². The van der Waals surface area contributed by atoms with Crippen LogP contribution in [0.2, 0.25) is 0 Å². The number of pyridine rings is 2. The fourth-order valence-corrected chi connectivity index (χ4v) is 5.45. The van der Waals surface area contributed by atoms with Gasteiger partial charge in [0.2, 0.25) is 0 Å². The molecule has 0 N–H and O–H groups in total. The Kier molecular flexibility index (Phi) is 5.69. The predicted molar refractivity (Wildman–Crippen MR) is 154 cm³/mol. The molecule has 0 atom stereocenters. The first-order chi connectivity index (χ1) is 19.1. The molecule has 194 valence electrons. The van der Waals surface area contributed by atoms with E-state index in [0.717, 1.165) is 60.5 Å². The molecule has 0 bridgehead atoms. The number of rotatable bonds is 3. The van der Waals surface area contributed by atoms with Gasteiger partial charge in [0.1, 0.15) is 11.6 Å². The van der Waals surface area contributed by atoms with Gasteiger partial charge in [-0.1, -0.05) is 59.4 Å². The summed E-state index contributed by atoms with van der Waals surface area (Å²) in [6, 6.07) is 35.7. The van der Waals surface area contributed by atoms with Crippen LogP contribution in [0.15, 0.2) is 91.1 Å². The van der Waals surface area contributed by atoms with E-state index in [2.05, 4.69) is 75.3 Å². The van der Waals surface area contributed by atoms with Gasteiger partial charge in [0.15, 0.2) is 5.65 Å². The Hall–Kier alpha value is -4.54. The Morgan fingerprint density at radius 3 is 2.10 bits per heavy atom. The zero-order valence-corrected chi connectivity index (χ0v) is 23.9. The standard InChI is InChI=1S/C33H21N5O.Pt/c1-20-11-16-32(34-19-20)37-29-10-6-5-8-25(29)27-15-13-22(17-30(27)37)39-23-12-14-26-24-7-3-4-9-28(24)33-35-21(2)36-38(33)31(26)18-23;/h3-16,19H,1-2H3;/q-2;+2. The minimum atomic E-state index is 0. The second-order valence-electron chi connectivity index (χ2n) is 9.76. The molecule has 0 aliphatic carbocycles. The zero-order valence-electron chi connectivity index (χ0n) is 21.6. The smallest absolute Gasteiger partial charge is 0.509 e. The van der Waals surface area contributed by atoms with Gasteiger partial charge in [0.25, 0.3) is 0 Å². The van der Waals surface area contributed by atoms with Crippen molar-refractivity contribution in [3.05, 3.63) is 115 Å². The Bertz CT molecular complexity index is 2230. The van der Waals surface area contributed by atoms with Crippen molar-refractivity contribution in [3.63, 3.8) is 0 Å². The van der Waals surface area contributed by atoms with Crippen molar-refractivity contribution >= 4 is 49.1 Å². The van der Waals surface area contributed by atoms with Crippen LogP contribution in [0.3, 0.4) is 0 Å². The SMILES string of the molecule is Cc1ccc(-n2c3[c-]c(Oc4[c-]c5c(cc4)c4ccccc4c4nc(C)nn54)ccc3c3ccccc32)nc1.[Pt+2]. The van der Waals surface area contributed by atoms with Gasteiger partial charge in [0, 0.05) is 28.6 Å². The molecule has 0 spiro atoms. The number of benzene rings is 4. The Morgan fingerprint density at radius 1 is 0.675 bits per heavy atom. The minimum Gasteiger partial charge on any atom is -0.509 e. The normalized spacial score (nSPS) is 11.6. The largest absolute Gasteiger partial charge is 2.00 e. The van der Waals surface area contributed by atoms with Crippen LogP contribution >= 0.6 is 0 Å². The third-order valence-corrected chi connectivity index (χ3v) is 7.18. The van der Waals surface area contributed by atoms with E-state index in [4.69, 9.17) is 9.72 Å². The monoisotopic (exact) mass is 698 g/mol. The van der Waals surface area contributed by atoms with Crippen molar-refractivity contribution in [3.8, 4) is 17.3 Å². The summed E-state index contributed by atoms with van der Waals surface area (Å²) in [5.74, 6) is 2.73. The summed E-state index contributed by atoms with van der Waals surface area (Å²) < 4.78 is 10.4. The minimum absolute atomic E-state index is 0. The molecule has 0 unspecified atom stereocenters. The average molecular weight is 699 g/mol. The van der Waals surface area contributed by atoms with Crippen molar-refractivity contribution in [2.45, 2.75) is 13.8 Å². The molecule has 7 heteroatoms. The molecule has 4 aromatic heterocycles. The van der Waals surface area contributed by atoms with Crippen LogP contribution in [0.5, 0.6) is 11.5 Å². The van der Waals surface area contributed by atoms with Crippen molar-refractivity contribution in [2.24, 2.45) is 0 Å². The fraction of sp³-hybridized carbons (Fsp3) is 0.0606. The predicted octanol–water partition coefficient (Wildman–Crippen LogP) is 7.53. The molecular formula is C33H21N5OPt. The number of nitrogens with zero attached hydrogens (tertiary/aromatic N) is 5. The zero-order chi connectivity index (χ0) is 26.1. The number of ether oxygens (including phenoxy) is 1. The first kappa shape index (κ1) is 24.5. The summed E-state index contributed by atoms with van der Waals surface area (Å²) in [5.41, 5.74) is 4.73. The van der Waals surface area contributed by atoms with Crippen molar-refractivity contribution in [1.29, 1.82) is 0 Å². The number of aromatic nitrogens is 5. The first-order valence-corrected chi connectivity index (χ1v) is 12.8. The molecule has 4 aromatic carbocycles. The molecule has 0 fully saturated rings. The van der Waals surface area contributed by atoms with E-state index >= 15 is 0 Å². The van der Waals surface area contributed by atoms with Crippen molar-refractivity contribution < 1.29 is 25.8 Å². The van der Waals surface area contributed by atoms with E-state index in [-0.39, 0.29) is 21.1 Å². The van der Waals surface area contributed by atoms with E-state index in [1.807, 2.05) is 61.0 Å². The summed E-state index contributed by atoms with van der Waals surface area (Å²) in [6.07, 6.45) is 1.89. The van der Waals surface area contributed by atoms with Crippen LogP contribution in [0.4, 0.5) is 0 Å². The van der Waals surface area contributed by atoms with E-state index in [0.29, 0.717) is 17.3 Å². The van der Waals surface area contributed by atoms with Gasteiger partial charge in [0.05, 0.1) is 0 Å². The van der Waals surface area contributed by atoms with E-state index in [1.54, 1.807) is 0 Å². The summed E-state index contributed by atoms with van der Waals surface area (Å²) in [6.45, 7) is 3.94. The van der Waals surface area contributed by atoms with Crippen LogP contribution in [-0.2, 0) is 21.1 Å². The van der Waals surface area contributed by atoms with E-state index in [1.165, 1.54) is 0 Å². The van der Waals surface area contributed by atoms with Gasteiger partial charge in [-0.25, -0.2) is 14.5 Å². The molecule has 0 amide bonds. The van der Waals surface area contributed by atoms with Gasteiger partial charge >= 0.3 is 21.1 Å². The molecule has 4 heterocycles. The summed E-state index contributed by atoms with van der Waals surface area (Å²) in [5, 5.41) is 10.1. The van der Waals surface area contributed by atoms with Gasteiger partial charge in [-0.3, -0.25) is 0 Å². The molecule has 40 heavy (non-hydrogen) atoms. The molecule has 8 rings (SSSR count). The van der Waals surface area contributed by atoms with Crippen LogP contribution in [0.25, 0.3) is 54.9 Å². The maximum Gasteiger partial charge on any atom is 2.00 e. The number of hydrogen-bond donors (Lipinski definition) is 0. The fourth-order valence-electron chi connectivity index (χ4n) is 5.45. The van der Waals surface area contributed by atoms with E-state index in [9.17, 15) is 0 Å². The van der Waals surface area contributed by atoms with Gasteiger partial charge in [-0.15, -0.1) is 35.0 Å². The molecule has 0 saturated carbocycles. The quantitative estimate of drug-likeness (QED) is 0.142. The second-order valence-corrected chi connectivity index (χ2v) is 9.76. The third kappa shape index (κ3) is 3.71. The summed E-state index contributed by atoms with van der Waals surface area (Å²) in [7, 11) is 0. The second kappa shape index (κ2) is 9.28. The first-order valence-electron chi connectivity index (χ1n) is 12.8. The maximum atomic E-state index is 6.36.